The van der Waals surface area contributed by atoms with Crippen molar-refractivity contribution in [2.24, 2.45) is 0 Å². The molecule has 0 amide bonds. The van der Waals surface area contributed by atoms with E-state index >= 15 is 0 Å². The Morgan fingerprint density at radius 2 is 2.25 bits per heavy atom. The van der Waals surface area contributed by atoms with E-state index in [0.717, 1.165) is 49.2 Å². The lowest BCUT2D eigenvalue weighted by atomic mass is 9.94. The number of rotatable bonds is 5. The van der Waals surface area contributed by atoms with E-state index in [-0.39, 0.29) is 17.8 Å². The molecule has 6 heteroatoms. The van der Waals surface area contributed by atoms with E-state index in [2.05, 4.69) is 14.9 Å². The van der Waals surface area contributed by atoms with Gasteiger partial charge < -0.3 is 10.5 Å². The van der Waals surface area contributed by atoms with Gasteiger partial charge in [0.25, 0.3) is 0 Å². The van der Waals surface area contributed by atoms with Crippen molar-refractivity contribution in [2.75, 3.05) is 32.5 Å². The molecule has 1 fully saturated rings. The number of piperidine rings is 1. The van der Waals surface area contributed by atoms with Crippen molar-refractivity contribution >= 4 is 5.95 Å². The first kappa shape index (κ1) is 16.8. The Kier molecular flexibility index (Phi) is 5.37. The minimum absolute atomic E-state index is 0.150. The maximum Gasteiger partial charge on any atom is 0.220 e. The van der Waals surface area contributed by atoms with E-state index in [4.69, 9.17) is 10.5 Å². The zero-order valence-electron chi connectivity index (χ0n) is 13.9. The van der Waals surface area contributed by atoms with Crippen molar-refractivity contribution in [1.29, 1.82) is 0 Å². The normalized spacial score (nSPS) is 18.7. The van der Waals surface area contributed by atoms with E-state index in [1.165, 1.54) is 12.1 Å². The van der Waals surface area contributed by atoms with Gasteiger partial charge in [-0.2, -0.15) is 0 Å². The lowest BCUT2D eigenvalue weighted by Crippen LogP contribution is -2.36. The molecule has 1 aliphatic rings. The number of anilines is 1. The Balaban J connectivity index is 2.00. The van der Waals surface area contributed by atoms with Gasteiger partial charge in [0, 0.05) is 25.4 Å². The number of nitrogen functional groups attached to an aromatic ring is 1. The van der Waals surface area contributed by atoms with Crippen LogP contribution in [0.1, 0.15) is 31.0 Å². The first-order valence-electron chi connectivity index (χ1n) is 8.30. The topological polar surface area (TPSA) is 64.3 Å². The molecule has 0 spiro atoms. The molecule has 24 heavy (non-hydrogen) atoms. The summed E-state index contributed by atoms with van der Waals surface area (Å²) in [5.41, 5.74) is 8.35. The van der Waals surface area contributed by atoms with Gasteiger partial charge in [0.05, 0.1) is 18.3 Å². The van der Waals surface area contributed by atoms with Crippen molar-refractivity contribution in [1.82, 2.24) is 14.9 Å². The maximum absolute atomic E-state index is 13.7. The average Bonchev–Trinajstić information content (AvgIpc) is 2.60. The van der Waals surface area contributed by atoms with Gasteiger partial charge in [-0.1, -0.05) is 18.6 Å². The standard InChI is InChI=1S/C18H23FN4O/c1-24-10-9-23-8-3-2-7-16(23)17-15(12-21-18(20)22-17)13-5-4-6-14(19)11-13/h4-6,11-12,16H,2-3,7-10H2,1H3,(H2,20,21,22). The largest absolute Gasteiger partial charge is 0.383 e. The molecule has 5 nitrogen and oxygen atoms in total. The smallest absolute Gasteiger partial charge is 0.220 e. The van der Waals surface area contributed by atoms with E-state index in [1.54, 1.807) is 19.4 Å². The van der Waals surface area contributed by atoms with E-state index in [0.29, 0.717) is 6.61 Å². The number of hydrogen-bond donors (Lipinski definition) is 1. The molecule has 128 valence electrons. The van der Waals surface area contributed by atoms with Crippen molar-refractivity contribution in [3.8, 4) is 11.1 Å². The number of likely N-dealkylation sites (tertiary alicyclic amines) is 1. The number of benzene rings is 1. The third-order valence-electron chi connectivity index (χ3n) is 4.48. The van der Waals surface area contributed by atoms with Crippen LogP contribution in [0.25, 0.3) is 11.1 Å². The summed E-state index contributed by atoms with van der Waals surface area (Å²) < 4.78 is 18.9. The number of aromatic nitrogens is 2. The summed E-state index contributed by atoms with van der Waals surface area (Å²) >= 11 is 0. The number of hydrogen-bond acceptors (Lipinski definition) is 5. The van der Waals surface area contributed by atoms with Gasteiger partial charge in [0.1, 0.15) is 5.82 Å². The molecule has 0 bridgehead atoms. The second kappa shape index (κ2) is 7.68. The Morgan fingerprint density at radius 3 is 3.04 bits per heavy atom. The summed E-state index contributed by atoms with van der Waals surface area (Å²) in [5, 5.41) is 0. The highest BCUT2D eigenvalue weighted by Crippen LogP contribution is 2.35. The second-order valence-corrected chi connectivity index (χ2v) is 6.08. The molecule has 3 rings (SSSR count). The molecular formula is C18H23FN4O. The first-order valence-corrected chi connectivity index (χ1v) is 8.30. The Labute approximate surface area is 141 Å². The molecule has 1 aliphatic heterocycles. The van der Waals surface area contributed by atoms with Crippen molar-refractivity contribution < 1.29 is 9.13 Å². The minimum atomic E-state index is -0.268. The molecule has 1 saturated heterocycles. The van der Waals surface area contributed by atoms with Crippen LogP contribution in [0.5, 0.6) is 0 Å². The van der Waals surface area contributed by atoms with Gasteiger partial charge in [-0.05, 0) is 37.1 Å². The highest BCUT2D eigenvalue weighted by molar-refractivity contribution is 5.66. The molecule has 1 unspecified atom stereocenters. The van der Waals surface area contributed by atoms with Crippen molar-refractivity contribution in [3.05, 3.63) is 42.0 Å². The third-order valence-corrected chi connectivity index (χ3v) is 4.48. The minimum Gasteiger partial charge on any atom is -0.383 e. The average molecular weight is 330 g/mol. The molecule has 1 aromatic heterocycles. The summed E-state index contributed by atoms with van der Waals surface area (Å²) in [5.74, 6) is -0.0161. The fourth-order valence-corrected chi connectivity index (χ4v) is 3.32. The summed E-state index contributed by atoms with van der Waals surface area (Å²) in [7, 11) is 1.71. The monoisotopic (exact) mass is 330 g/mol. The molecule has 0 saturated carbocycles. The molecule has 0 radical (unpaired) electrons. The summed E-state index contributed by atoms with van der Waals surface area (Å²) in [6.07, 6.45) is 5.01. The predicted molar refractivity (Wildman–Crippen MR) is 91.9 cm³/mol. The fourth-order valence-electron chi connectivity index (χ4n) is 3.32. The van der Waals surface area contributed by atoms with Crippen LogP contribution in [0, 0.1) is 5.82 Å². The lowest BCUT2D eigenvalue weighted by molar-refractivity contribution is 0.0945. The summed E-state index contributed by atoms with van der Waals surface area (Å²) in [6.45, 7) is 2.51. The van der Waals surface area contributed by atoms with Crippen LogP contribution in [-0.2, 0) is 4.74 Å². The van der Waals surface area contributed by atoms with Crippen LogP contribution in [0.15, 0.2) is 30.5 Å². The molecular weight excluding hydrogens is 307 g/mol. The summed E-state index contributed by atoms with van der Waals surface area (Å²) in [4.78, 5) is 11.0. The Bertz CT molecular complexity index is 694. The van der Waals surface area contributed by atoms with Crippen LogP contribution in [-0.4, -0.2) is 41.7 Å². The summed E-state index contributed by atoms with van der Waals surface area (Å²) in [6, 6.07) is 6.68. The number of nitrogens with zero attached hydrogens (tertiary/aromatic N) is 3. The van der Waals surface area contributed by atoms with Crippen molar-refractivity contribution in [2.45, 2.75) is 25.3 Å². The zero-order chi connectivity index (χ0) is 16.9. The lowest BCUT2D eigenvalue weighted by Gasteiger charge is -2.36. The van der Waals surface area contributed by atoms with Crippen LogP contribution in [0.3, 0.4) is 0 Å². The van der Waals surface area contributed by atoms with Crippen molar-refractivity contribution in [3.63, 3.8) is 0 Å². The Morgan fingerprint density at radius 1 is 1.38 bits per heavy atom. The third kappa shape index (κ3) is 3.71. The Hall–Kier alpha value is -2.05. The molecule has 2 N–H and O–H groups in total. The molecule has 2 aromatic rings. The van der Waals surface area contributed by atoms with E-state index in [9.17, 15) is 4.39 Å². The van der Waals surface area contributed by atoms with Gasteiger partial charge in [0.2, 0.25) is 5.95 Å². The van der Waals surface area contributed by atoms with Crippen LogP contribution < -0.4 is 5.73 Å². The zero-order valence-corrected chi connectivity index (χ0v) is 13.9. The molecule has 1 atom stereocenters. The van der Waals surface area contributed by atoms with Gasteiger partial charge in [-0.25, -0.2) is 14.4 Å². The maximum atomic E-state index is 13.7. The molecule has 0 aliphatic carbocycles. The molecule has 1 aromatic carbocycles. The fraction of sp³-hybridized carbons (Fsp3) is 0.444. The first-order chi connectivity index (χ1) is 11.7. The SMILES string of the molecule is COCCN1CCCCC1c1nc(N)ncc1-c1cccc(F)c1. The van der Waals surface area contributed by atoms with Gasteiger partial charge >= 0.3 is 0 Å². The van der Waals surface area contributed by atoms with Crippen LogP contribution >= 0.6 is 0 Å². The quantitative estimate of drug-likeness (QED) is 0.913. The van der Waals surface area contributed by atoms with Gasteiger partial charge in [-0.3, -0.25) is 4.90 Å². The highest BCUT2D eigenvalue weighted by Gasteiger charge is 2.27. The highest BCUT2D eigenvalue weighted by atomic mass is 19.1. The van der Waals surface area contributed by atoms with Crippen LogP contribution in [0.4, 0.5) is 10.3 Å². The number of ether oxygens (including phenoxy) is 1. The number of nitrogens with two attached hydrogens (primary N) is 1. The van der Waals surface area contributed by atoms with Gasteiger partial charge in [0.15, 0.2) is 0 Å². The van der Waals surface area contributed by atoms with Gasteiger partial charge in [-0.15, -0.1) is 0 Å². The number of halogens is 1. The number of methoxy groups -OCH3 is 1. The van der Waals surface area contributed by atoms with E-state index < -0.39 is 0 Å². The van der Waals surface area contributed by atoms with E-state index in [1.807, 2.05) is 6.07 Å². The second-order valence-electron chi connectivity index (χ2n) is 6.08. The molecule has 2 heterocycles. The predicted octanol–water partition coefficient (Wildman–Crippen LogP) is 3.04. The van der Waals surface area contributed by atoms with Crippen LogP contribution in [0.2, 0.25) is 0 Å².